The third-order valence-corrected chi connectivity index (χ3v) is 2.11. The molecule has 0 aromatic rings. The monoisotopic (exact) mass is 246 g/mol. The zero-order valence-electron chi connectivity index (χ0n) is 10.6. The molecule has 0 radical (unpaired) electrons. The van der Waals surface area contributed by atoms with Crippen molar-refractivity contribution >= 4 is 5.97 Å². The highest BCUT2D eigenvalue weighted by atomic mass is 16.5. The first-order chi connectivity index (χ1) is 8.22. The highest BCUT2D eigenvalue weighted by molar-refractivity contribution is 5.86. The van der Waals surface area contributed by atoms with E-state index < -0.39 is 5.97 Å². The molecule has 5 nitrogen and oxygen atoms in total. The Labute approximate surface area is 102 Å². The van der Waals surface area contributed by atoms with Crippen LogP contribution in [0.15, 0.2) is 11.6 Å². The van der Waals surface area contributed by atoms with Crippen LogP contribution in [-0.4, -0.2) is 51.2 Å². The molecule has 0 aliphatic carbocycles. The standard InChI is InChI=1S/C12H22O5/c1-3-11(12(13)14)5-8-17-10-9-16-7-4-6-15-2/h5H,3-4,6-10H2,1-2H3,(H,13,14). The molecule has 0 saturated carbocycles. The first kappa shape index (κ1) is 16.1. The third-order valence-electron chi connectivity index (χ3n) is 2.11. The Morgan fingerprint density at radius 3 is 2.47 bits per heavy atom. The molecule has 0 aliphatic heterocycles. The quantitative estimate of drug-likeness (QED) is 0.442. The number of ether oxygens (including phenoxy) is 3. The summed E-state index contributed by atoms with van der Waals surface area (Å²) in [7, 11) is 1.66. The summed E-state index contributed by atoms with van der Waals surface area (Å²) in [5.74, 6) is -0.882. The fraction of sp³-hybridized carbons (Fsp3) is 0.750. The molecule has 0 heterocycles. The first-order valence-corrected chi connectivity index (χ1v) is 5.79. The molecule has 0 rings (SSSR count). The molecule has 5 heteroatoms. The molecule has 0 bridgehead atoms. The lowest BCUT2D eigenvalue weighted by Crippen LogP contribution is -2.07. The highest BCUT2D eigenvalue weighted by Gasteiger charge is 2.02. The maximum absolute atomic E-state index is 10.6. The van der Waals surface area contributed by atoms with Crippen molar-refractivity contribution in [2.24, 2.45) is 0 Å². The molecule has 100 valence electrons. The number of methoxy groups -OCH3 is 1. The van der Waals surface area contributed by atoms with Gasteiger partial charge in [0.2, 0.25) is 0 Å². The normalized spacial score (nSPS) is 11.8. The third kappa shape index (κ3) is 9.99. The maximum atomic E-state index is 10.6. The molecule has 0 fully saturated rings. The lowest BCUT2D eigenvalue weighted by molar-refractivity contribution is -0.132. The summed E-state index contributed by atoms with van der Waals surface area (Å²) in [5, 5.41) is 8.74. The Hall–Kier alpha value is -0.910. The van der Waals surface area contributed by atoms with Crippen molar-refractivity contribution in [1.29, 1.82) is 0 Å². The minimum Gasteiger partial charge on any atom is -0.478 e. The first-order valence-electron chi connectivity index (χ1n) is 5.79. The molecule has 0 atom stereocenters. The second-order valence-electron chi connectivity index (χ2n) is 3.42. The van der Waals surface area contributed by atoms with Gasteiger partial charge < -0.3 is 19.3 Å². The topological polar surface area (TPSA) is 65.0 Å². The van der Waals surface area contributed by atoms with Gasteiger partial charge in [0.25, 0.3) is 0 Å². The zero-order chi connectivity index (χ0) is 12.9. The van der Waals surface area contributed by atoms with Gasteiger partial charge in [-0.3, -0.25) is 0 Å². The number of carboxylic acids is 1. The molecular formula is C12H22O5. The van der Waals surface area contributed by atoms with Crippen LogP contribution in [0.3, 0.4) is 0 Å². The van der Waals surface area contributed by atoms with Gasteiger partial charge in [0.05, 0.1) is 19.8 Å². The minimum atomic E-state index is -0.882. The minimum absolute atomic E-state index is 0.316. The Bertz CT molecular complexity index is 225. The Morgan fingerprint density at radius 2 is 1.88 bits per heavy atom. The number of aliphatic carboxylic acids is 1. The smallest absolute Gasteiger partial charge is 0.331 e. The Kier molecular flexibility index (Phi) is 11.0. The average Bonchev–Trinajstić information content (AvgIpc) is 2.31. The van der Waals surface area contributed by atoms with Gasteiger partial charge >= 0.3 is 5.97 Å². The second kappa shape index (κ2) is 11.6. The average molecular weight is 246 g/mol. The molecule has 0 unspecified atom stereocenters. The number of hydrogen-bond donors (Lipinski definition) is 1. The summed E-state index contributed by atoms with van der Waals surface area (Å²) < 4.78 is 15.4. The van der Waals surface area contributed by atoms with Gasteiger partial charge in [-0.25, -0.2) is 4.79 Å². The van der Waals surface area contributed by atoms with Crippen molar-refractivity contribution in [3.8, 4) is 0 Å². The van der Waals surface area contributed by atoms with Crippen LogP contribution in [0.2, 0.25) is 0 Å². The van der Waals surface area contributed by atoms with Crippen molar-refractivity contribution in [2.45, 2.75) is 19.8 Å². The molecule has 0 amide bonds. The van der Waals surface area contributed by atoms with Crippen molar-refractivity contribution in [1.82, 2.24) is 0 Å². The number of rotatable bonds is 11. The molecule has 1 N–H and O–H groups in total. The Balaban J connectivity index is 3.36. The van der Waals surface area contributed by atoms with Crippen molar-refractivity contribution < 1.29 is 24.1 Å². The number of carboxylic acid groups (broad SMARTS) is 1. The summed E-state index contributed by atoms with van der Waals surface area (Å²) >= 11 is 0. The molecular weight excluding hydrogens is 224 g/mol. The maximum Gasteiger partial charge on any atom is 0.331 e. The van der Waals surface area contributed by atoms with E-state index in [1.54, 1.807) is 20.1 Å². The van der Waals surface area contributed by atoms with Gasteiger partial charge in [-0.15, -0.1) is 0 Å². The number of hydrogen-bond acceptors (Lipinski definition) is 4. The predicted octanol–water partition coefficient (Wildman–Crippen LogP) is 1.48. The highest BCUT2D eigenvalue weighted by Crippen LogP contribution is 1.99. The van der Waals surface area contributed by atoms with E-state index in [1.165, 1.54) is 0 Å². The van der Waals surface area contributed by atoms with E-state index in [9.17, 15) is 4.79 Å². The van der Waals surface area contributed by atoms with E-state index in [4.69, 9.17) is 19.3 Å². The Morgan fingerprint density at radius 1 is 1.18 bits per heavy atom. The van der Waals surface area contributed by atoms with Gasteiger partial charge in [0, 0.05) is 25.9 Å². The van der Waals surface area contributed by atoms with Gasteiger partial charge in [-0.05, 0) is 18.9 Å². The second-order valence-corrected chi connectivity index (χ2v) is 3.42. The fourth-order valence-corrected chi connectivity index (χ4v) is 1.15. The molecule has 17 heavy (non-hydrogen) atoms. The van der Waals surface area contributed by atoms with Gasteiger partial charge in [-0.2, -0.15) is 0 Å². The van der Waals surface area contributed by atoms with E-state index in [0.29, 0.717) is 45.0 Å². The lowest BCUT2D eigenvalue weighted by atomic mass is 10.2. The van der Waals surface area contributed by atoms with Gasteiger partial charge in [0.15, 0.2) is 0 Å². The van der Waals surface area contributed by atoms with E-state index in [-0.39, 0.29) is 0 Å². The van der Waals surface area contributed by atoms with Gasteiger partial charge in [-0.1, -0.05) is 6.92 Å². The van der Waals surface area contributed by atoms with Crippen LogP contribution >= 0.6 is 0 Å². The number of carbonyl (C=O) groups is 1. The SMILES string of the molecule is CCC(=CCOCCOCCCOC)C(=O)O. The lowest BCUT2D eigenvalue weighted by Gasteiger charge is -2.04. The summed E-state index contributed by atoms with van der Waals surface area (Å²) in [6.07, 6.45) is 2.97. The van der Waals surface area contributed by atoms with E-state index >= 15 is 0 Å². The van der Waals surface area contributed by atoms with Crippen LogP contribution in [0.4, 0.5) is 0 Å². The van der Waals surface area contributed by atoms with Crippen LogP contribution in [0.5, 0.6) is 0 Å². The summed E-state index contributed by atoms with van der Waals surface area (Å²) in [5.41, 5.74) is 0.381. The van der Waals surface area contributed by atoms with E-state index in [1.807, 2.05) is 0 Å². The zero-order valence-corrected chi connectivity index (χ0v) is 10.6. The molecule has 0 aliphatic rings. The predicted molar refractivity (Wildman–Crippen MR) is 64.1 cm³/mol. The van der Waals surface area contributed by atoms with Crippen LogP contribution in [-0.2, 0) is 19.0 Å². The molecule has 0 aromatic heterocycles. The van der Waals surface area contributed by atoms with Crippen molar-refractivity contribution in [3.05, 3.63) is 11.6 Å². The summed E-state index contributed by atoms with van der Waals surface area (Å²) in [4.78, 5) is 10.6. The largest absolute Gasteiger partial charge is 0.478 e. The van der Waals surface area contributed by atoms with Crippen LogP contribution in [0, 0.1) is 0 Å². The van der Waals surface area contributed by atoms with Crippen LogP contribution in [0.25, 0.3) is 0 Å². The molecule has 0 spiro atoms. The summed E-state index contributed by atoms with van der Waals surface area (Å²) in [6, 6.07) is 0. The van der Waals surface area contributed by atoms with Gasteiger partial charge in [0.1, 0.15) is 0 Å². The van der Waals surface area contributed by atoms with Crippen LogP contribution < -0.4 is 0 Å². The van der Waals surface area contributed by atoms with Crippen molar-refractivity contribution in [3.63, 3.8) is 0 Å². The molecule has 0 saturated heterocycles. The van der Waals surface area contributed by atoms with E-state index in [2.05, 4.69) is 0 Å². The fourth-order valence-electron chi connectivity index (χ4n) is 1.15. The van der Waals surface area contributed by atoms with E-state index in [0.717, 1.165) is 6.42 Å². The van der Waals surface area contributed by atoms with Crippen LogP contribution in [0.1, 0.15) is 19.8 Å². The summed E-state index contributed by atoms with van der Waals surface area (Å²) in [6.45, 7) is 4.46. The molecule has 0 aromatic carbocycles. The van der Waals surface area contributed by atoms with Crippen molar-refractivity contribution in [2.75, 3.05) is 40.1 Å².